The molecule has 1 aliphatic carbocycles. The maximum Gasteiger partial charge on any atom is 0.389 e. The molecule has 1 fully saturated rings. The number of nitrogens with zero attached hydrogens (tertiary/aromatic N) is 3. The number of carbonyl (C=O) groups is 1. The van der Waals surface area contributed by atoms with Crippen LogP contribution in [0.5, 0.6) is 0 Å². The van der Waals surface area contributed by atoms with Gasteiger partial charge in [-0.2, -0.15) is 13.2 Å². The zero-order valence-corrected chi connectivity index (χ0v) is 20.6. The van der Waals surface area contributed by atoms with Crippen LogP contribution in [0.4, 0.5) is 13.2 Å². The smallest absolute Gasteiger partial charge is 0.353 e. The molecule has 1 saturated carbocycles. The van der Waals surface area contributed by atoms with Crippen molar-refractivity contribution in [3.8, 4) is 0 Å². The van der Waals surface area contributed by atoms with E-state index in [9.17, 15) is 18.0 Å². The van der Waals surface area contributed by atoms with Gasteiger partial charge in [-0.05, 0) is 57.9 Å². The van der Waals surface area contributed by atoms with Crippen molar-refractivity contribution >= 4 is 28.6 Å². The van der Waals surface area contributed by atoms with Crippen molar-refractivity contribution in [3.63, 3.8) is 0 Å². The van der Waals surface area contributed by atoms with Crippen molar-refractivity contribution in [1.29, 1.82) is 0 Å². The van der Waals surface area contributed by atoms with E-state index in [1.165, 1.54) is 11.3 Å². The second-order valence-corrected chi connectivity index (χ2v) is 11.7. The van der Waals surface area contributed by atoms with E-state index in [2.05, 4.69) is 20.2 Å². The number of rotatable bonds is 8. The molecule has 1 amide bonds. The molecule has 3 heterocycles. The van der Waals surface area contributed by atoms with Crippen LogP contribution in [0.25, 0.3) is 0 Å². The Kier molecular flexibility index (Phi) is 8.07. The lowest BCUT2D eigenvalue weighted by Gasteiger charge is -2.32. The number of amides is 1. The number of hydrogen-bond acceptors (Lipinski definition) is 6. The van der Waals surface area contributed by atoms with Crippen molar-refractivity contribution in [2.45, 2.75) is 83.5 Å². The van der Waals surface area contributed by atoms with E-state index in [1.807, 2.05) is 6.92 Å². The fourth-order valence-corrected chi connectivity index (χ4v) is 6.60. The van der Waals surface area contributed by atoms with Crippen LogP contribution in [-0.4, -0.2) is 46.1 Å². The molecule has 0 bridgehead atoms. The zero-order chi connectivity index (χ0) is 23.4. The van der Waals surface area contributed by atoms with E-state index in [-0.39, 0.29) is 18.4 Å². The molecule has 4 rings (SSSR count). The second-order valence-electron chi connectivity index (χ2n) is 9.22. The number of nitrogens with one attached hydrogen (secondary N) is 1. The first kappa shape index (κ1) is 24.6. The van der Waals surface area contributed by atoms with E-state index in [1.54, 1.807) is 17.5 Å². The Morgan fingerprint density at radius 1 is 1.24 bits per heavy atom. The first-order chi connectivity index (χ1) is 15.7. The summed E-state index contributed by atoms with van der Waals surface area (Å²) in [5.74, 6) is 0.755. The van der Waals surface area contributed by atoms with Gasteiger partial charge in [-0.3, -0.25) is 9.69 Å². The largest absolute Gasteiger partial charge is 0.389 e. The number of carbonyl (C=O) groups excluding carboxylic acids is 1. The summed E-state index contributed by atoms with van der Waals surface area (Å²) in [5.41, 5.74) is 0.978. The van der Waals surface area contributed by atoms with Crippen molar-refractivity contribution in [3.05, 3.63) is 31.7 Å². The number of aromatic nitrogens is 2. The lowest BCUT2D eigenvalue weighted by atomic mass is 9.84. The van der Waals surface area contributed by atoms with Crippen LogP contribution in [0.15, 0.2) is 6.20 Å². The Labute approximate surface area is 200 Å². The standard InChI is InChI=1S/C23H31F3N4OS2/c1-15-27-13-18(32-15)12-21(31)28-17-4-2-16(3-5-17)7-10-30-11-8-20-19(14-30)29-22(33-20)6-9-23(24,25)26/h13,16-17H,2-12,14H2,1H3,(H,28,31). The van der Waals surface area contributed by atoms with Crippen molar-refractivity contribution in [1.82, 2.24) is 20.2 Å². The molecule has 2 aromatic rings. The summed E-state index contributed by atoms with van der Waals surface area (Å²) in [6, 6.07) is 0.269. The van der Waals surface area contributed by atoms with Gasteiger partial charge in [0, 0.05) is 47.9 Å². The van der Waals surface area contributed by atoms with Crippen LogP contribution in [0.2, 0.25) is 0 Å². The molecule has 1 N–H and O–H groups in total. The number of hydrogen-bond donors (Lipinski definition) is 1. The van der Waals surface area contributed by atoms with Crippen molar-refractivity contribution in [2.75, 3.05) is 13.1 Å². The number of thiazole rings is 2. The molecule has 0 unspecified atom stereocenters. The minimum absolute atomic E-state index is 0.00913. The van der Waals surface area contributed by atoms with Gasteiger partial charge in [0.15, 0.2) is 0 Å². The fraction of sp³-hybridized carbons (Fsp3) is 0.696. The van der Waals surface area contributed by atoms with Gasteiger partial charge in [0.05, 0.1) is 22.1 Å². The summed E-state index contributed by atoms with van der Waals surface area (Å²) in [7, 11) is 0. The van der Waals surface area contributed by atoms with Gasteiger partial charge >= 0.3 is 6.18 Å². The monoisotopic (exact) mass is 500 g/mol. The maximum absolute atomic E-state index is 12.5. The van der Waals surface area contributed by atoms with Crippen LogP contribution < -0.4 is 5.32 Å². The summed E-state index contributed by atoms with van der Waals surface area (Å²) in [5, 5.41) is 4.79. The molecule has 0 saturated heterocycles. The lowest BCUT2D eigenvalue weighted by Crippen LogP contribution is -2.39. The Morgan fingerprint density at radius 2 is 2.03 bits per heavy atom. The molecule has 10 heteroatoms. The maximum atomic E-state index is 12.5. The second kappa shape index (κ2) is 10.8. The normalized spacial score (nSPS) is 21.7. The highest BCUT2D eigenvalue weighted by atomic mass is 32.1. The highest BCUT2D eigenvalue weighted by molar-refractivity contribution is 7.12. The number of fused-ring (bicyclic) bond motifs is 1. The summed E-state index contributed by atoms with van der Waals surface area (Å²) >= 11 is 3.03. The molecule has 182 valence electrons. The fourth-order valence-electron chi connectivity index (χ4n) is 4.74. The predicted molar refractivity (Wildman–Crippen MR) is 125 cm³/mol. The molecule has 0 aromatic carbocycles. The van der Waals surface area contributed by atoms with Gasteiger partial charge in [-0.25, -0.2) is 9.97 Å². The highest BCUT2D eigenvalue weighted by Gasteiger charge is 2.29. The van der Waals surface area contributed by atoms with Crippen LogP contribution in [0, 0.1) is 12.8 Å². The van der Waals surface area contributed by atoms with Crippen molar-refractivity contribution < 1.29 is 18.0 Å². The molecule has 2 aliphatic rings. The average Bonchev–Trinajstić information content (AvgIpc) is 3.36. The summed E-state index contributed by atoms with van der Waals surface area (Å²) in [6.45, 7) is 4.65. The van der Waals surface area contributed by atoms with Gasteiger partial charge in [-0.1, -0.05) is 0 Å². The Hall–Kier alpha value is -1.52. The summed E-state index contributed by atoms with van der Waals surface area (Å²) < 4.78 is 37.5. The first-order valence-corrected chi connectivity index (χ1v) is 13.3. The highest BCUT2D eigenvalue weighted by Crippen LogP contribution is 2.31. The van der Waals surface area contributed by atoms with E-state index in [0.717, 1.165) is 78.6 Å². The summed E-state index contributed by atoms with van der Waals surface area (Å²) in [4.78, 5) is 25.6. The van der Waals surface area contributed by atoms with Crippen LogP contribution in [0.3, 0.4) is 0 Å². The summed E-state index contributed by atoms with van der Waals surface area (Å²) in [6.07, 6.45) is 3.59. The van der Waals surface area contributed by atoms with E-state index in [0.29, 0.717) is 17.3 Å². The quantitative estimate of drug-likeness (QED) is 0.550. The molecule has 2 aromatic heterocycles. The SMILES string of the molecule is Cc1ncc(CC(=O)NC2CCC(CCN3CCc4sc(CCC(F)(F)F)nc4C3)CC2)s1. The Balaban J connectivity index is 1.15. The predicted octanol–water partition coefficient (Wildman–Crippen LogP) is 5.07. The zero-order valence-electron chi connectivity index (χ0n) is 18.9. The van der Waals surface area contributed by atoms with E-state index in [4.69, 9.17) is 0 Å². The third-order valence-corrected chi connectivity index (χ3v) is 8.67. The minimum atomic E-state index is -4.12. The van der Waals surface area contributed by atoms with E-state index < -0.39 is 12.6 Å². The van der Waals surface area contributed by atoms with Gasteiger partial charge < -0.3 is 5.32 Å². The number of alkyl halides is 3. The van der Waals surface area contributed by atoms with E-state index >= 15 is 0 Å². The van der Waals surface area contributed by atoms with Gasteiger partial charge in [0.1, 0.15) is 0 Å². The molecule has 33 heavy (non-hydrogen) atoms. The third-order valence-electron chi connectivity index (χ3n) is 6.54. The average molecular weight is 501 g/mol. The minimum Gasteiger partial charge on any atom is -0.353 e. The Morgan fingerprint density at radius 3 is 2.73 bits per heavy atom. The molecular formula is C23H31F3N4OS2. The lowest BCUT2D eigenvalue weighted by molar-refractivity contribution is -0.134. The van der Waals surface area contributed by atoms with Crippen LogP contribution in [-0.2, 0) is 30.6 Å². The molecule has 1 aliphatic heterocycles. The van der Waals surface area contributed by atoms with Crippen molar-refractivity contribution in [2.24, 2.45) is 5.92 Å². The molecular weight excluding hydrogens is 469 g/mol. The van der Waals surface area contributed by atoms with Crippen LogP contribution in [0.1, 0.15) is 64.0 Å². The van der Waals surface area contributed by atoms with Gasteiger partial charge in [0.2, 0.25) is 5.91 Å². The Bertz CT molecular complexity index is 935. The first-order valence-electron chi connectivity index (χ1n) is 11.7. The molecule has 0 atom stereocenters. The number of halogens is 3. The molecule has 0 spiro atoms. The molecule has 5 nitrogen and oxygen atoms in total. The van der Waals surface area contributed by atoms with Crippen LogP contribution >= 0.6 is 22.7 Å². The van der Waals surface area contributed by atoms with Gasteiger partial charge in [-0.15, -0.1) is 22.7 Å². The third kappa shape index (κ3) is 7.48. The molecule has 0 radical (unpaired) electrons. The topological polar surface area (TPSA) is 58.1 Å². The number of aryl methyl sites for hydroxylation is 2. The van der Waals surface area contributed by atoms with Gasteiger partial charge in [0.25, 0.3) is 0 Å².